The topological polar surface area (TPSA) is 45.2 Å². The Labute approximate surface area is 108 Å². The summed E-state index contributed by atoms with van der Waals surface area (Å²) in [6, 6.07) is 4.62. The van der Waals surface area contributed by atoms with E-state index in [4.69, 9.17) is 0 Å². The summed E-state index contributed by atoms with van der Waals surface area (Å²) >= 11 is 0. The maximum Gasteiger partial charge on any atom is 0.236 e. The normalized spacial score (nSPS) is 16.3. The van der Waals surface area contributed by atoms with Gasteiger partial charge in [-0.2, -0.15) is 0 Å². The van der Waals surface area contributed by atoms with Crippen molar-refractivity contribution in [3.05, 3.63) is 30.1 Å². The number of carbonyl (C=O) groups excluding carboxylic acids is 1. The van der Waals surface area contributed by atoms with Crippen molar-refractivity contribution in [1.29, 1.82) is 0 Å². The lowest BCUT2D eigenvalue weighted by Crippen LogP contribution is -2.40. The molecule has 0 radical (unpaired) electrons. The fraction of sp³-hybridized carbons (Fsp3) is 0.571. The first-order chi connectivity index (χ1) is 8.72. The molecule has 1 aliphatic carbocycles. The number of rotatable bonds is 6. The highest BCUT2D eigenvalue weighted by Crippen LogP contribution is 2.26. The summed E-state index contributed by atoms with van der Waals surface area (Å²) in [5.41, 5.74) is 1.16. The average molecular weight is 247 g/mol. The Hall–Kier alpha value is -1.42. The molecule has 1 unspecified atom stereocenters. The van der Waals surface area contributed by atoms with Crippen molar-refractivity contribution in [3.63, 3.8) is 0 Å². The van der Waals surface area contributed by atoms with E-state index in [0.29, 0.717) is 12.6 Å². The number of nitrogens with one attached hydrogen (secondary N) is 1. The van der Waals surface area contributed by atoms with E-state index in [9.17, 15) is 4.79 Å². The second-order valence-electron chi connectivity index (χ2n) is 4.79. The first kappa shape index (κ1) is 13.0. The summed E-state index contributed by atoms with van der Waals surface area (Å²) in [6.45, 7) is 5.33. The van der Waals surface area contributed by atoms with Crippen LogP contribution in [0.15, 0.2) is 24.5 Å². The van der Waals surface area contributed by atoms with Crippen LogP contribution in [0.4, 0.5) is 0 Å². The first-order valence-corrected chi connectivity index (χ1v) is 6.65. The molecule has 1 aromatic heterocycles. The summed E-state index contributed by atoms with van der Waals surface area (Å²) < 4.78 is 0. The van der Waals surface area contributed by atoms with Crippen molar-refractivity contribution in [2.75, 3.05) is 13.1 Å². The molecule has 98 valence electrons. The number of likely N-dealkylation sites (N-methyl/N-ethyl adjacent to an activating group) is 1. The first-order valence-electron chi connectivity index (χ1n) is 6.65. The predicted octanol–water partition coefficient (Wildman–Crippen LogP) is 1.74. The minimum absolute atomic E-state index is 0.176. The fourth-order valence-electron chi connectivity index (χ4n) is 2.14. The Morgan fingerprint density at radius 2 is 2.17 bits per heavy atom. The fourth-order valence-corrected chi connectivity index (χ4v) is 2.14. The molecular weight excluding hydrogens is 226 g/mol. The summed E-state index contributed by atoms with van der Waals surface area (Å²) in [7, 11) is 0. The molecule has 0 spiro atoms. The van der Waals surface area contributed by atoms with Gasteiger partial charge in [-0.15, -0.1) is 0 Å². The van der Waals surface area contributed by atoms with Crippen LogP contribution in [0.5, 0.6) is 0 Å². The Kier molecular flexibility index (Phi) is 4.31. The third-order valence-electron chi connectivity index (χ3n) is 3.41. The van der Waals surface area contributed by atoms with Crippen molar-refractivity contribution in [3.8, 4) is 0 Å². The Bertz CT molecular complexity index is 389. The number of aromatic nitrogens is 1. The number of amides is 1. The molecule has 1 aromatic rings. The molecule has 4 heteroatoms. The molecule has 1 saturated carbocycles. The molecule has 0 bridgehead atoms. The van der Waals surface area contributed by atoms with Gasteiger partial charge in [-0.25, -0.2) is 0 Å². The molecule has 0 aromatic carbocycles. The largest absolute Gasteiger partial charge is 0.339 e. The molecule has 1 fully saturated rings. The van der Waals surface area contributed by atoms with E-state index < -0.39 is 0 Å². The van der Waals surface area contributed by atoms with E-state index in [2.05, 4.69) is 17.2 Å². The molecular formula is C14H21N3O. The Morgan fingerprint density at radius 3 is 2.72 bits per heavy atom. The molecule has 1 amide bonds. The van der Waals surface area contributed by atoms with Gasteiger partial charge in [0.25, 0.3) is 0 Å². The van der Waals surface area contributed by atoms with E-state index in [1.54, 1.807) is 12.4 Å². The lowest BCUT2D eigenvalue weighted by atomic mass is 10.1. The van der Waals surface area contributed by atoms with Crippen LogP contribution < -0.4 is 5.32 Å². The van der Waals surface area contributed by atoms with Gasteiger partial charge < -0.3 is 10.2 Å². The summed E-state index contributed by atoms with van der Waals surface area (Å²) in [6.07, 6.45) is 5.88. The highest BCUT2D eigenvalue weighted by molar-refractivity contribution is 5.78. The monoisotopic (exact) mass is 247 g/mol. The highest BCUT2D eigenvalue weighted by Gasteiger charge is 2.31. The van der Waals surface area contributed by atoms with Crippen LogP contribution in [0.1, 0.15) is 38.3 Å². The molecule has 1 heterocycles. The number of pyridine rings is 1. The van der Waals surface area contributed by atoms with Gasteiger partial charge >= 0.3 is 0 Å². The Balaban J connectivity index is 1.82. The van der Waals surface area contributed by atoms with E-state index in [0.717, 1.165) is 12.1 Å². The molecule has 4 nitrogen and oxygen atoms in total. The van der Waals surface area contributed by atoms with Crippen LogP contribution >= 0.6 is 0 Å². The van der Waals surface area contributed by atoms with E-state index in [1.807, 2.05) is 24.0 Å². The lowest BCUT2D eigenvalue weighted by Gasteiger charge is -2.22. The van der Waals surface area contributed by atoms with Gasteiger partial charge in [0, 0.05) is 31.0 Å². The van der Waals surface area contributed by atoms with Gasteiger partial charge in [0.05, 0.1) is 6.54 Å². The molecule has 1 aliphatic rings. The number of hydrogen-bond acceptors (Lipinski definition) is 3. The zero-order valence-electron chi connectivity index (χ0n) is 11.1. The molecule has 1 N–H and O–H groups in total. The van der Waals surface area contributed by atoms with Crippen molar-refractivity contribution in [2.24, 2.45) is 0 Å². The summed E-state index contributed by atoms with van der Waals surface area (Å²) in [5, 5.41) is 3.28. The number of carbonyl (C=O) groups is 1. The zero-order valence-corrected chi connectivity index (χ0v) is 11.1. The highest BCUT2D eigenvalue weighted by atomic mass is 16.2. The smallest absolute Gasteiger partial charge is 0.236 e. The molecule has 0 aliphatic heterocycles. The number of hydrogen-bond donors (Lipinski definition) is 1. The van der Waals surface area contributed by atoms with Crippen LogP contribution in [-0.4, -0.2) is 34.9 Å². The third kappa shape index (κ3) is 3.29. The van der Waals surface area contributed by atoms with Crippen molar-refractivity contribution < 1.29 is 4.79 Å². The number of nitrogens with zero attached hydrogens (tertiary/aromatic N) is 2. The van der Waals surface area contributed by atoms with Crippen LogP contribution in [0, 0.1) is 0 Å². The molecule has 18 heavy (non-hydrogen) atoms. The SMILES string of the molecule is CCN(C(=O)CNC(C)c1ccncc1)C1CC1. The lowest BCUT2D eigenvalue weighted by molar-refractivity contribution is -0.130. The van der Waals surface area contributed by atoms with E-state index >= 15 is 0 Å². The van der Waals surface area contributed by atoms with Crippen molar-refractivity contribution in [1.82, 2.24) is 15.2 Å². The quantitative estimate of drug-likeness (QED) is 0.833. The maximum atomic E-state index is 12.0. The third-order valence-corrected chi connectivity index (χ3v) is 3.41. The minimum Gasteiger partial charge on any atom is -0.339 e. The van der Waals surface area contributed by atoms with Gasteiger partial charge in [0.15, 0.2) is 0 Å². The Morgan fingerprint density at radius 1 is 1.50 bits per heavy atom. The van der Waals surface area contributed by atoms with Crippen LogP contribution in [0.3, 0.4) is 0 Å². The van der Waals surface area contributed by atoms with Crippen LogP contribution in [-0.2, 0) is 4.79 Å². The van der Waals surface area contributed by atoms with Crippen LogP contribution in [0.25, 0.3) is 0 Å². The van der Waals surface area contributed by atoms with Gasteiger partial charge in [-0.1, -0.05) is 0 Å². The maximum absolute atomic E-state index is 12.0. The van der Waals surface area contributed by atoms with Crippen LogP contribution in [0.2, 0.25) is 0 Å². The summed E-state index contributed by atoms with van der Waals surface area (Å²) in [4.78, 5) is 18.0. The molecule has 0 saturated heterocycles. The summed E-state index contributed by atoms with van der Waals surface area (Å²) in [5.74, 6) is 0.209. The van der Waals surface area contributed by atoms with Gasteiger partial charge in [-0.3, -0.25) is 9.78 Å². The zero-order chi connectivity index (χ0) is 13.0. The second-order valence-corrected chi connectivity index (χ2v) is 4.79. The van der Waals surface area contributed by atoms with Crippen molar-refractivity contribution >= 4 is 5.91 Å². The van der Waals surface area contributed by atoms with Gasteiger partial charge in [-0.05, 0) is 44.4 Å². The minimum atomic E-state index is 0.176. The predicted molar refractivity (Wildman–Crippen MR) is 71.1 cm³/mol. The van der Waals surface area contributed by atoms with Gasteiger partial charge in [0.1, 0.15) is 0 Å². The van der Waals surface area contributed by atoms with Gasteiger partial charge in [0.2, 0.25) is 5.91 Å². The van der Waals surface area contributed by atoms with Crippen molar-refractivity contribution in [2.45, 2.75) is 38.8 Å². The van der Waals surface area contributed by atoms with E-state index in [-0.39, 0.29) is 11.9 Å². The molecule has 1 atom stereocenters. The average Bonchev–Trinajstić information content (AvgIpc) is 3.22. The standard InChI is InChI=1S/C14H21N3O/c1-3-17(13-4-5-13)14(18)10-16-11(2)12-6-8-15-9-7-12/h6-9,11,13,16H,3-5,10H2,1-2H3. The molecule has 2 rings (SSSR count). The second kappa shape index (κ2) is 5.96. The van der Waals surface area contributed by atoms with E-state index in [1.165, 1.54) is 12.8 Å².